The third-order valence-electron chi connectivity index (χ3n) is 3.07. The number of hydrogen-bond acceptors (Lipinski definition) is 3. The molecule has 0 saturated carbocycles. The van der Waals surface area contributed by atoms with Crippen LogP contribution in [0.2, 0.25) is 5.15 Å². The maximum absolute atomic E-state index is 12.5. The number of hydrogen-bond donors (Lipinski definition) is 1. The van der Waals surface area contributed by atoms with Gasteiger partial charge < -0.3 is 4.74 Å². The largest absolute Gasteiger partial charge is 0.494 e. The first-order valence-electron chi connectivity index (χ1n) is 6.73. The van der Waals surface area contributed by atoms with E-state index in [4.69, 9.17) is 16.3 Å². The van der Waals surface area contributed by atoms with E-state index in [0.29, 0.717) is 23.6 Å². The minimum Gasteiger partial charge on any atom is -0.494 e. The van der Waals surface area contributed by atoms with Gasteiger partial charge in [0, 0.05) is 0 Å². The lowest BCUT2D eigenvalue weighted by atomic mass is 10.1. The van der Waals surface area contributed by atoms with Gasteiger partial charge in [-0.2, -0.15) is 0 Å². The topological polar surface area (TPSA) is 64.1 Å². The number of nitrogens with one attached hydrogen (secondary N) is 1. The summed E-state index contributed by atoms with van der Waals surface area (Å²) in [5.74, 6) is 0.597. The average molecular weight is 309 g/mol. The molecule has 1 aromatic carbocycles. The molecule has 112 valence electrons. The molecule has 2 aromatic rings. The highest BCUT2D eigenvalue weighted by Gasteiger charge is 2.16. The summed E-state index contributed by atoms with van der Waals surface area (Å²) >= 11 is 5.97. The zero-order valence-corrected chi connectivity index (χ0v) is 12.9. The maximum atomic E-state index is 12.5. The molecule has 2 rings (SSSR count). The summed E-state index contributed by atoms with van der Waals surface area (Å²) in [6.45, 7) is 6.14. The van der Waals surface area contributed by atoms with Crippen molar-refractivity contribution in [1.82, 2.24) is 9.55 Å². The Morgan fingerprint density at radius 3 is 2.38 bits per heavy atom. The van der Waals surface area contributed by atoms with E-state index < -0.39 is 11.2 Å². The molecule has 0 spiro atoms. The molecule has 0 radical (unpaired) electrons. The van der Waals surface area contributed by atoms with Crippen molar-refractivity contribution < 1.29 is 4.74 Å². The van der Waals surface area contributed by atoms with Crippen LogP contribution < -0.4 is 16.0 Å². The molecule has 0 atom stereocenters. The Kier molecular flexibility index (Phi) is 4.53. The second kappa shape index (κ2) is 6.18. The van der Waals surface area contributed by atoms with E-state index in [1.165, 1.54) is 0 Å². The van der Waals surface area contributed by atoms with E-state index in [2.05, 4.69) is 4.98 Å². The number of aromatic amines is 1. The summed E-state index contributed by atoms with van der Waals surface area (Å²) in [5.41, 5.74) is -0.0881. The van der Waals surface area contributed by atoms with Gasteiger partial charge in [-0.3, -0.25) is 9.78 Å². The average Bonchev–Trinajstić information content (AvgIpc) is 2.40. The first-order chi connectivity index (χ1) is 9.95. The third-order valence-corrected chi connectivity index (χ3v) is 3.37. The number of halogens is 1. The quantitative estimate of drug-likeness (QED) is 0.883. The molecule has 0 aliphatic heterocycles. The highest BCUT2D eigenvalue weighted by molar-refractivity contribution is 6.30. The summed E-state index contributed by atoms with van der Waals surface area (Å²) in [6, 6.07) is 6.77. The summed E-state index contributed by atoms with van der Waals surface area (Å²) < 4.78 is 6.42. The van der Waals surface area contributed by atoms with E-state index in [1.54, 1.807) is 24.3 Å². The van der Waals surface area contributed by atoms with Gasteiger partial charge in [0.05, 0.1) is 17.9 Å². The number of rotatable bonds is 4. The minimum absolute atomic E-state index is 0.0872. The lowest BCUT2D eigenvalue weighted by Crippen LogP contribution is -2.36. The standard InChI is InChI=1S/C15H17ClN2O3/c1-4-21-11-7-5-10(6-8-11)18-14(19)12(9(2)3)13(16)17-15(18)20/h5-9H,4H2,1-3H3,(H,17,20). The zero-order valence-electron chi connectivity index (χ0n) is 12.1. The van der Waals surface area contributed by atoms with E-state index in [9.17, 15) is 9.59 Å². The van der Waals surface area contributed by atoms with Gasteiger partial charge in [0.2, 0.25) is 0 Å². The number of nitrogens with zero attached hydrogens (tertiary/aromatic N) is 1. The fourth-order valence-electron chi connectivity index (χ4n) is 2.12. The Morgan fingerprint density at radius 2 is 1.86 bits per heavy atom. The Hall–Kier alpha value is -2.01. The lowest BCUT2D eigenvalue weighted by molar-refractivity contribution is 0.340. The van der Waals surface area contributed by atoms with Crippen LogP contribution in [0.5, 0.6) is 5.75 Å². The van der Waals surface area contributed by atoms with Gasteiger partial charge in [0.15, 0.2) is 0 Å². The third kappa shape index (κ3) is 3.03. The van der Waals surface area contributed by atoms with Crippen LogP contribution in [0.3, 0.4) is 0 Å². The van der Waals surface area contributed by atoms with Gasteiger partial charge in [-0.05, 0) is 37.1 Å². The fraction of sp³-hybridized carbons (Fsp3) is 0.333. The molecular formula is C15H17ClN2O3. The summed E-state index contributed by atoms with van der Waals surface area (Å²) in [7, 11) is 0. The molecule has 1 N–H and O–H groups in total. The number of aromatic nitrogens is 2. The molecular weight excluding hydrogens is 292 g/mol. The highest BCUT2D eigenvalue weighted by atomic mass is 35.5. The number of benzene rings is 1. The van der Waals surface area contributed by atoms with Gasteiger partial charge in [-0.1, -0.05) is 25.4 Å². The molecule has 1 heterocycles. The molecule has 0 bridgehead atoms. The molecule has 1 aromatic heterocycles. The summed E-state index contributed by atoms with van der Waals surface area (Å²) in [5, 5.41) is 0.0992. The van der Waals surface area contributed by atoms with Crippen LogP contribution in [0.1, 0.15) is 32.3 Å². The first kappa shape index (κ1) is 15.4. The van der Waals surface area contributed by atoms with Crippen molar-refractivity contribution in [3.8, 4) is 11.4 Å². The van der Waals surface area contributed by atoms with Crippen LogP contribution in [0, 0.1) is 0 Å². The van der Waals surface area contributed by atoms with Gasteiger partial charge in [0.25, 0.3) is 5.56 Å². The molecule has 0 fully saturated rings. The highest BCUT2D eigenvalue weighted by Crippen LogP contribution is 2.18. The SMILES string of the molecule is CCOc1ccc(-n2c(=O)[nH]c(Cl)c(C(C)C)c2=O)cc1. The molecule has 0 amide bonds. The first-order valence-corrected chi connectivity index (χ1v) is 7.11. The van der Waals surface area contributed by atoms with Crippen molar-refractivity contribution in [3.05, 3.63) is 55.8 Å². The van der Waals surface area contributed by atoms with Crippen molar-refractivity contribution in [2.45, 2.75) is 26.7 Å². The fourth-order valence-corrected chi connectivity index (χ4v) is 2.50. The lowest BCUT2D eigenvalue weighted by Gasteiger charge is -2.11. The molecule has 5 nitrogen and oxygen atoms in total. The van der Waals surface area contributed by atoms with Crippen LogP contribution in [0.15, 0.2) is 33.9 Å². The Morgan fingerprint density at radius 1 is 1.24 bits per heavy atom. The van der Waals surface area contributed by atoms with Crippen molar-refractivity contribution in [2.75, 3.05) is 6.61 Å². The predicted molar refractivity (Wildman–Crippen MR) is 82.9 cm³/mol. The zero-order chi connectivity index (χ0) is 15.6. The normalized spacial score (nSPS) is 10.9. The van der Waals surface area contributed by atoms with Crippen molar-refractivity contribution >= 4 is 11.6 Å². The number of ether oxygens (including phenoxy) is 1. The van der Waals surface area contributed by atoms with E-state index in [-0.39, 0.29) is 11.1 Å². The Balaban J connectivity index is 2.61. The Bertz CT molecular complexity index is 745. The molecule has 0 saturated heterocycles. The monoisotopic (exact) mass is 308 g/mol. The minimum atomic E-state index is -0.557. The molecule has 0 aliphatic rings. The van der Waals surface area contributed by atoms with Crippen LogP contribution in [0.4, 0.5) is 0 Å². The van der Waals surface area contributed by atoms with E-state index in [0.717, 1.165) is 4.57 Å². The van der Waals surface area contributed by atoms with Crippen LogP contribution in [0.25, 0.3) is 5.69 Å². The second-order valence-electron chi connectivity index (χ2n) is 4.88. The maximum Gasteiger partial charge on any atom is 0.334 e. The van der Waals surface area contributed by atoms with Crippen molar-refractivity contribution in [3.63, 3.8) is 0 Å². The van der Waals surface area contributed by atoms with Gasteiger partial charge >= 0.3 is 5.69 Å². The van der Waals surface area contributed by atoms with Crippen LogP contribution in [-0.2, 0) is 0 Å². The van der Waals surface area contributed by atoms with Crippen LogP contribution in [-0.4, -0.2) is 16.2 Å². The van der Waals surface area contributed by atoms with Crippen molar-refractivity contribution in [1.29, 1.82) is 0 Å². The number of H-pyrrole nitrogens is 1. The summed E-state index contributed by atoms with van der Waals surface area (Å²) in [6.07, 6.45) is 0. The molecule has 0 aliphatic carbocycles. The van der Waals surface area contributed by atoms with Gasteiger partial charge in [0.1, 0.15) is 10.9 Å². The van der Waals surface area contributed by atoms with E-state index in [1.807, 2.05) is 20.8 Å². The molecule has 21 heavy (non-hydrogen) atoms. The van der Waals surface area contributed by atoms with Gasteiger partial charge in [-0.15, -0.1) is 0 Å². The van der Waals surface area contributed by atoms with Crippen LogP contribution >= 0.6 is 11.6 Å². The van der Waals surface area contributed by atoms with Gasteiger partial charge in [-0.25, -0.2) is 9.36 Å². The van der Waals surface area contributed by atoms with Crippen molar-refractivity contribution in [2.24, 2.45) is 0 Å². The molecule has 6 heteroatoms. The molecule has 0 unspecified atom stereocenters. The second-order valence-corrected chi connectivity index (χ2v) is 5.26. The smallest absolute Gasteiger partial charge is 0.334 e. The van der Waals surface area contributed by atoms with E-state index >= 15 is 0 Å². The summed E-state index contributed by atoms with van der Waals surface area (Å²) in [4.78, 5) is 27.0. The Labute approximate surface area is 127 Å². The predicted octanol–water partition coefficient (Wildman–Crippen LogP) is 2.70.